The smallest absolute Gasteiger partial charge is 0.272 e. The van der Waals surface area contributed by atoms with E-state index in [9.17, 15) is 9.59 Å². The molecule has 3 aromatic heterocycles. The molecule has 0 radical (unpaired) electrons. The van der Waals surface area contributed by atoms with Crippen LogP contribution in [0.4, 0.5) is 0 Å². The Balaban J connectivity index is 1.49. The molecule has 3 heterocycles. The molecule has 0 aliphatic heterocycles. The third-order valence-electron chi connectivity index (χ3n) is 4.59. The van der Waals surface area contributed by atoms with E-state index in [0.29, 0.717) is 33.7 Å². The number of carbonyl (C=O) groups excluding carboxylic acids is 1. The van der Waals surface area contributed by atoms with Crippen LogP contribution in [-0.4, -0.2) is 45.0 Å². The van der Waals surface area contributed by atoms with Crippen molar-refractivity contribution in [3.8, 4) is 11.5 Å². The highest BCUT2D eigenvalue weighted by atomic mass is 32.2. The molecular weight excluding hydrogens is 426 g/mol. The summed E-state index contributed by atoms with van der Waals surface area (Å²) in [6.45, 7) is 0.309. The van der Waals surface area contributed by atoms with Crippen molar-refractivity contribution in [3.05, 3.63) is 45.6 Å². The van der Waals surface area contributed by atoms with Crippen molar-refractivity contribution in [1.82, 2.24) is 24.5 Å². The number of rotatable bonds is 7. The second-order valence-corrected chi connectivity index (χ2v) is 8.19. The summed E-state index contributed by atoms with van der Waals surface area (Å²) in [4.78, 5) is 24.8. The Morgan fingerprint density at radius 1 is 1.23 bits per heavy atom. The molecule has 0 aliphatic rings. The van der Waals surface area contributed by atoms with Crippen molar-refractivity contribution in [1.29, 1.82) is 0 Å². The summed E-state index contributed by atoms with van der Waals surface area (Å²) in [5.41, 5.74) is 1.45. The first-order chi connectivity index (χ1) is 14.5. The predicted octanol–water partition coefficient (Wildman–Crippen LogP) is 2.07. The first kappa shape index (κ1) is 20.2. The molecule has 156 valence electrons. The fraction of sp³-hybridized carbons (Fsp3) is 0.263. The maximum Gasteiger partial charge on any atom is 0.272 e. The summed E-state index contributed by atoms with van der Waals surface area (Å²) in [7, 11) is 4.79. The Morgan fingerprint density at radius 2 is 2.07 bits per heavy atom. The lowest BCUT2D eigenvalue weighted by atomic mass is 10.2. The van der Waals surface area contributed by atoms with Crippen LogP contribution in [0.3, 0.4) is 0 Å². The lowest BCUT2D eigenvalue weighted by molar-refractivity contribution is -0.118. The largest absolute Gasteiger partial charge is 0.493 e. The van der Waals surface area contributed by atoms with Gasteiger partial charge in [-0.05, 0) is 17.5 Å². The van der Waals surface area contributed by atoms with Gasteiger partial charge in [-0.15, -0.1) is 21.5 Å². The number of amides is 1. The van der Waals surface area contributed by atoms with Crippen molar-refractivity contribution >= 4 is 45.0 Å². The summed E-state index contributed by atoms with van der Waals surface area (Å²) in [6.07, 6.45) is 0. The van der Waals surface area contributed by atoms with Gasteiger partial charge in [-0.25, -0.2) is 0 Å². The number of ether oxygens (including phenoxy) is 2. The summed E-state index contributed by atoms with van der Waals surface area (Å²) >= 11 is 2.63. The number of benzene rings is 1. The second kappa shape index (κ2) is 8.36. The van der Waals surface area contributed by atoms with Crippen LogP contribution in [0.15, 0.2) is 39.6 Å². The fourth-order valence-electron chi connectivity index (χ4n) is 3.13. The first-order valence-electron chi connectivity index (χ1n) is 8.95. The van der Waals surface area contributed by atoms with Gasteiger partial charge in [0.2, 0.25) is 11.7 Å². The number of nitrogens with one attached hydrogen (secondary N) is 1. The SMILES string of the molecule is COc1cccc(CNC(=O)CSc2nnc3n(C)c(=O)c4sccc4n23)c1OC. The van der Waals surface area contributed by atoms with Crippen molar-refractivity contribution in [2.75, 3.05) is 20.0 Å². The van der Waals surface area contributed by atoms with Crippen molar-refractivity contribution < 1.29 is 14.3 Å². The van der Waals surface area contributed by atoms with Gasteiger partial charge in [-0.3, -0.25) is 18.6 Å². The van der Waals surface area contributed by atoms with Crippen LogP contribution in [0.5, 0.6) is 11.5 Å². The molecule has 0 fully saturated rings. The lowest BCUT2D eigenvalue weighted by Crippen LogP contribution is -2.25. The van der Waals surface area contributed by atoms with Crippen LogP contribution in [0.1, 0.15) is 5.56 Å². The molecule has 1 aromatic carbocycles. The summed E-state index contributed by atoms with van der Waals surface area (Å²) in [6, 6.07) is 7.37. The number of aryl methyl sites for hydroxylation is 1. The van der Waals surface area contributed by atoms with E-state index in [-0.39, 0.29) is 17.2 Å². The standard InChI is InChI=1S/C19H19N5O4S2/c1-23-17(26)16-12(7-8-29-16)24-18(23)21-22-19(24)30-10-14(25)20-9-11-5-4-6-13(27-2)15(11)28-3/h4-8H,9-10H2,1-3H3,(H,20,25). The quantitative estimate of drug-likeness (QED) is 0.435. The minimum Gasteiger partial charge on any atom is -0.493 e. The second-order valence-electron chi connectivity index (χ2n) is 6.34. The van der Waals surface area contributed by atoms with Crippen LogP contribution in [0.25, 0.3) is 16.0 Å². The minimum absolute atomic E-state index is 0.110. The average molecular weight is 446 g/mol. The normalized spacial score (nSPS) is 11.2. The highest BCUT2D eigenvalue weighted by Gasteiger charge is 2.17. The van der Waals surface area contributed by atoms with Gasteiger partial charge in [-0.2, -0.15) is 0 Å². The predicted molar refractivity (Wildman–Crippen MR) is 116 cm³/mol. The van der Waals surface area contributed by atoms with E-state index >= 15 is 0 Å². The number of carbonyl (C=O) groups is 1. The molecule has 0 saturated carbocycles. The summed E-state index contributed by atoms with van der Waals surface area (Å²) in [5, 5.41) is 13.6. The van der Waals surface area contributed by atoms with Crippen molar-refractivity contribution in [2.45, 2.75) is 11.7 Å². The van der Waals surface area contributed by atoms with Crippen LogP contribution in [0, 0.1) is 0 Å². The molecule has 30 heavy (non-hydrogen) atoms. The Labute approximate surface area is 179 Å². The fourth-order valence-corrected chi connectivity index (χ4v) is 4.75. The topological polar surface area (TPSA) is 99.7 Å². The molecule has 9 nitrogen and oxygen atoms in total. The molecule has 0 aliphatic carbocycles. The summed E-state index contributed by atoms with van der Waals surface area (Å²) < 4.78 is 14.6. The summed E-state index contributed by atoms with van der Waals surface area (Å²) in [5.74, 6) is 1.64. The molecule has 0 saturated heterocycles. The van der Waals surface area contributed by atoms with Gasteiger partial charge >= 0.3 is 0 Å². The van der Waals surface area contributed by atoms with E-state index in [1.54, 1.807) is 31.7 Å². The van der Waals surface area contributed by atoms with E-state index in [1.165, 1.54) is 27.7 Å². The minimum atomic E-state index is -0.159. The van der Waals surface area contributed by atoms with Gasteiger partial charge in [0.15, 0.2) is 16.7 Å². The molecule has 0 spiro atoms. The molecule has 0 bridgehead atoms. The van der Waals surface area contributed by atoms with Gasteiger partial charge < -0.3 is 14.8 Å². The molecule has 4 rings (SSSR count). The number of aromatic nitrogens is 4. The van der Waals surface area contributed by atoms with Gasteiger partial charge in [0.1, 0.15) is 4.70 Å². The first-order valence-corrected chi connectivity index (χ1v) is 10.8. The molecule has 4 aromatic rings. The lowest BCUT2D eigenvalue weighted by Gasteiger charge is -2.13. The molecule has 1 amide bonds. The Bertz CT molecular complexity index is 1290. The maximum atomic E-state index is 12.4. The van der Waals surface area contributed by atoms with Gasteiger partial charge in [0, 0.05) is 19.2 Å². The van der Waals surface area contributed by atoms with Gasteiger partial charge in [-0.1, -0.05) is 23.9 Å². The highest BCUT2D eigenvalue weighted by Crippen LogP contribution is 2.30. The number of methoxy groups -OCH3 is 2. The van der Waals surface area contributed by atoms with Crippen molar-refractivity contribution in [3.63, 3.8) is 0 Å². The molecule has 1 N–H and O–H groups in total. The molecular formula is C19H19N5O4S2. The van der Waals surface area contributed by atoms with Gasteiger partial charge in [0.05, 0.1) is 25.5 Å². The molecule has 11 heteroatoms. The number of thioether (sulfide) groups is 1. The highest BCUT2D eigenvalue weighted by molar-refractivity contribution is 7.99. The van der Waals surface area contributed by atoms with Crippen molar-refractivity contribution in [2.24, 2.45) is 7.05 Å². The van der Waals surface area contributed by atoms with Gasteiger partial charge in [0.25, 0.3) is 5.56 Å². The number of fused-ring (bicyclic) bond motifs is 3. The third kappa shape index (κ3) is 3.50. The van der Waals surface area contributed by atoms with E-state index in [4.69, 9.17) is 9.47 Å². The number of thiophene rings is 1. The van der Waals surface area contributed by atoms with E-state index < -0.39 is 0 Å². The Kier molecular flexibility index (Phi) is 5.64. The zero-order chi connectivity index (χ0) is 21.3. The number of hydrogen-bond acceptors (Lipinski definition) is 8. The number of hydrogen-bond donors (Lipinski definition) is 1. The molecule has 0 unspecified atom stereocenters. The van der Waals surface area contributed by atoms with Crippen LogP contribution < -0.4 is 20.3 Å². The van der Waals surface area contributed by atoms with E-state index in [2.05, 4.69) is 15.5 Å². The van der Waals surface area contributed by atoms with E-state index in [1.807, 2.05) is 23.6 Å². The van der Waals surface area contributed by atoms with Crippen LogP contribution in [0.2, 0.25) is 0 Å². The molecule has 0 atom stereocenters. The van der Waals surface area contributed by atoms with Crippen LogP contribution in [-0.2, 0) is 18.4 Å². The van der Waals surface area contributed by atoms with Crippen LogP contribution >= 0.6 is 23.1 Å². The average Bonchev–Trinajstić information content (AvgIpc) is 3.41. The Hall–Kier alpha value is -3.05. The number of para-hydroxylation sites is 1. The number of nitrogens with zero attached hydrogens (tertiary/aromatic N) is 4. The third-order valence-corrected chi connectivity index (χ3v) is 6.41. The Morgan fingerprint density at radius 3 is 2.83 bits per heavy atom. The maximum absolute atomic E-state index is 12.4. The van der Waals surface area contributed by atoms with E-state index in [0.717, 1.165) is 11.1 Å². The zero-order valence-corrected chi connectivity index (χ0v) is 18.2. The zero-order valence-electron chi connectivity index (χ0n) is 16.5. The monoisotopic (exact) mass is 445 g/mol.